The lowest BCUT2D eigenvalue weighted by molar-refractivity contribution is 0.100. The number of hydrogen-bond acceptors (Lipinski definition) is 5. The zero-order valence-electron chi connectivity index (χ0n) is 13.1. The summed E-state index contributed by atoms with van der Waals surface area (Å²) in [6.07, 6.45) is 0. The SMILES string of the molecule is Cn1c(=O)c2c(C[s+]3cccc3)c(C(N)=O)c(N)nc2n(C)c1=O. The van der Waals surface area contributed by atoms with Gasteiger partial charge in [-0.3, -0.25) is 18.7 Å². The van der Waals surface area contributed by atoms with E-state index in [2.05, 4.69) is 4.98 Å². The van der Waals surface area contributed by atoms with E-state index in [1.807, 2.05) is 22.9 Å². The maximum atomic E-state index is 12.7. The molecule has 24 heavy (non-hydrogen) atoms. The molecule has 0 aromatic carbocycles. The minimum absolute atomic E-state index is 0.0412. The molecule has 0 radical (unpaired) electrons. The molecule has 0 bridgehead atoms. The Labute approximate surface area is 138 Å². The van der Waals surface area contributed by atoms with Gasteiger partial charge in [0.15, 0.2) is 11.4 Å². The molecular formula is C15H16N5O3S+. The number of aromatic nitrogens is 3. The average molecular weight is 346 g/mol. The molecule has 4 N–H and O–H groups in total. The molecule has 0 aliphatic rings. The lowest BCUT2D eigenvalue weighted by atomic mass is 10.1. The Morgan fingerprint density at radius 3 is 2.42 bits per heavy atom. The largest absolute Gasteiger partial charge is 0.383 e. The first-order valence-electron chi connectivity index (χ1n) is 7.04. The van der Waals surface area contributed by atoms with Gasteiger partial charge in [0.2, 0.25) is 0 Å². The number of hydrogen-bond donors (Lipinski definition) is 2. The highest BCUT2D eigenvalue weighted by Gasteiger charge is 2.25. The van der Waals surface area contributed by atoms with Crippen LogP contribution in [0.2, 0.25) is 0 Å². The molecule has 0 spiro atoms. The van der Waals surface area contributed by atoms with Gasteiger partial charge < -0.3 is 11.5 Å². The Morgan fingerprint density at radius 1 is 1.21 bits per heavy atom. The van der Waals surface area contributed by atoms with E-state index < -0.39 is 17.2 Å². The molecule has 0 fully saturated rings. The van der Waals surface area contributed by atoms with Crippen molar-refractivity contribution in [2.45, 2.75) is 5.75 Å². The molecule has 0 aliphatic heterocycles. The highest BCUT2D eigenvalue weighted by molar-refractivity contribution is 7.27. The number of rotatable bonds is 3. The molecule has 8 nitrogen and oxygen atoms in total. The van der Waals surface area contributed by atoms with Gasteiger partial charge in [-0.05, 0) is 22.6 Å². The number of anilines is 1. The normalized spacial score (nSPS) is 11.1. The standard InChI is InChI=1S/C15H15N5O3S/c1-19-13-10(14(22)20(2)15(19)23)8(7-24-5-3-4-6-24)9(12(17)21)11(16)18-13/h3-6H,7H2,1-2H3,(H3-,16,17,18,21,22)/p+1. The molecule has 0 aliphatic carbocycles. The number of nitrogen functional groups attached to an aromatic ring is 1. The van der Waals surface area contributed by atoms with Crippen molar-refractivity contribution < 1.29 is 4.79 Å². The van der Waals surface area contributed by atoms with Crippen LogP contribution in [0, 0.1) is 0 Å². The summed E-state index contributed by atoms with van der Waals surface area (Å²) in [5, 5.41) is 4.14. The minimum Gasteiger partial charge on any atom is -0.383 e. The third-order valence-corrected chi connectivity index (χ3v) is 5.53. The summed E-state index contributed by atoms with van der Waals surface area (Å²) in [5.41, 5.74) is 11.0. The van der Waals surface area contributed by atoms with Gasteiger partial charge >= 0.3 is 5.69 Å². The molecule has 0 unspecified atom stereocenters. The number of fused-ring (bicyclic) bond motifs is 1. The monoisotopic (exact) mass is 346 g/mol. The maximum absolute atomic E-state index is 12.7. The van der Waals surface area contributed by atoms with Crippen molar-refractivity contribution in [3.05, 3.63) is 54.9 Å². The van der Waals surface area contributed by atoms with E-state index in [1.165, 1.54) is 18.7 Å². The number of thiophene rings is 1. The van der Waals surface area contributed by atoms with E-state index >= 15 is 0 Å². The molecule has 3 aromatic rings. The topological polar surface area (TPSA) is 126 Å². The van der Waals surface area contributed by atoms with E-state index in [9.17, 15) is 14.4 Å². The van der Waals surface area contributed by atoms with Crippen LogP contribution in [-0.2, 0) is 19.8 Å². The van der Waals surface area contributed by atoms with Crippen molar-refractivity contribution in [1.82, 2.24) is 14.1 Å². The Kier molecular flexibility index (Phi) is 3.72. The number of pyridine rings is 1. The molecule has 124 valence electrons. The highest BCUT2D eigenvalue weighted by atomic mass is 32.2. The first-order valence-corrected chi connectivity index (χ1v) is 8.56. The van der Waals surface area contributed by atoms with Gasteiger partial charge in [0.25, 0.3) is 11.5 Å². The van der Waals surface area contributed by atoms with E-state index in [0.717, 1.165) is 4.57 Å². The Bertz CT molecular complexity index is 1080. The Hall–Kier alpha value is -2.94. The van der Waals surface area contributed by atoms with Crippen molar-refractivity contribution in [3.8, 4) is 0 Å². The maximum Gasteiger partial charge on any atom is 0.332 e. The van der Waals surface area contributed by atoms with Gasteiger partial charge in [-0.2, -0.15) is 0 Å². The van der Waals surface area contributed by atoms with Crippen molar-refractivity contribution >= 4 is 33.2 Å². The van der Waals surface area contributed by atoms with Gasteiger partial charge in [-0.1, -0.05) is 0 Å². The van der Waals surface area contributed by atoms with Crippen molar-refractivity contribution in [2.75, 3.05) is 5.73 Å². The summed E-state index contributed by atoms with van der Waals surface area (Å²) < 4.78 is 2.22. The van der Waals surface area contributed by atoms with Crippen LogP contribution in [0.4, 0.5) is 5.82 Å². The van der Waals surface area contributed by atoms with Crippen LogP contribution in [0.15, 0.2) is 32.5 Å². The molecule has 0 saturated heterocycles. The van der Waals surface area contributed by atoms with Crippen molar-refractivity contribution in [1.29, 1.82) is 0 Å². The third kappa shape index (κ3) is 2.29. The fourth-order valence-corrected chi connectivity index (χ4v) is 4.19. The fraction of sp³-hybridized carbons (Fsp3) is 0.200. The number of amides is 1. The number of nitrogens with two attached hydrogens (primary N) is 2. The molecule has 3 heterocycles. The molecular weight excluding hydrogens is 330 g/mol. The number of primary amides is 1. The Balaban J connectivity index is 2.53. The zero-order chi connectivity index (χ0) is 17.6. The van der Waals surface area contributed by atoms with Crippen LogP contribution >= 0.6 is 10.5 Å². The molecule has 1 amide bonds. The van der Waals surface area contributed by atoms with Gasteiger partial charge in [-0.15, -0.1) is 0 Å². The molecule has 9 heteroatoms. The first-order chi connectivity index (χ1) is 11.3. The predicted octanol–water partition coefficient (Wildman–Crippen LogP) is 0.111. The van der Waals surface area contributed by atoms with Gasteiger partial charge in [-0.25, -0.2) is 9.78 Å². The average Bonchev–Trinajstić information content (AvgIpc) is 3.03. The second kappa shape index (κ2) is 5.60. The van der Waals surface area contributed by atoms with Crippen LogP contribution < -0.4 is 22.7 Å². The third-order valence-electron chi connectivity index (χ3n) is 3.89. The van der Waals surface area contributed by atoms with Gasteiger partial charge in [0.05, 0.1) is 10.9 Å². The second-order valence-electron chi connectivity index (χ2n) is 5.39. The van der Waals surface area contributed by atoms with E-state index in [-0.39, 0.29) is 32.9 Å². The van der Waals surface area contributed by atoms with Crippen LogP contribution in [0.25, 0.3) is 11.0 Å². The minimum atomic E-state index is -0.747. The summed E-state index contributed by atoms with van der Waals surface area (Å²) in [7, 11) is 2.60. The summed E-state index contributed by atoms with van der Waals surface area (Å²) in [4.78, 5) is 40.8. The molecule has 0 saturated carbocycles. The summed E-state index contributed by atoms with van der Waals surface area (Å²) in [6, 6.07) is 3.79. The van der Waals surface area contributed by atoms with E-state index in [1.54, 1.807) is 0 Å². The molecule has 0 atom stereocenters. The summed E-state index contributed by atoms with van der Waals surface area (Å²) >= 11 is 0. The lowest BCUT2D eigenvalue weighted by Gasteiger charge is -2.13. The highest BCUT2D eigenvalue weighted by Crippen LogP contribution is 2.30. The Morgan fingerprint density at radius 2 is 1.83 bits per heavy atom. The van der Waals surface area contributed by atoms with E-state index in [4.69, 9.17) is 11.5 Å². The molecule has 3 aromatic heterocycles. The number of carbonyl (C=O) groups is 1. The fourth-order valence-electron chi connectivity index (χ4n) is 2.70. The van der Waals surface area contributed by atoms with Gasteiger partial charge in [0.1, 0.15) is 16.6 Å². The smallest absolute Gasteiger partial charge is 0.332 e. The number of carbonyl (C=O) groups excluding carboxylic acids is 1. The van der Waals surface area contributed by atoms with Crippen LogP contribution in [-0.4, -0.2) is 20.0 Å². The number of nitrogens with zero attached hydrogens (tertiary/aromatic N) is 3. The first kappa shape index (κ1) is 15.9. The second-order valence-corrected chi connectivity index (χ2v) is 7.16. The van der Waals surface area contributed by atoms with Crippen molar-refractivity contribution in [2.24, 2.45) is 19.8 Å². The summed E-state index contributed by atoms with van der Waals surface area (Å²) in [6.45, 7) is 0. The molecule has 3 rings (SSSR count). The predicted molar refractivity (Wildman–Crippen MR) is 93.2 cm³/mol. The van der Waals surface area contributed by atoms with Crippen LogP contribution in [0.5, 0.6) is 0 Å². The van der Waals surface area contributed by atoms with Crippen LogP contribution in [0.3, 0.4) is 0 Å². The van der Waals surface area contributed by atoms with Crippen molar-refractivity contribution in [3.63, 3.8) is 0 Å². The van der Waals surface area contributed by atoms with E-state index in [0.29, 0.717) is 11.3 Å². The number of aryl methyl sites for hydroxylation is 1. The lowest BCUT2D eigenvalue weighted by Crippen LogP contribution is -2.38. The van der Waals surface area contributed by atoms with Gasteiger partial charge in [0, 0.05) is 19.7 Å². The quantitative estimate of drug-likeness (QED) is 0.651. The zero-order valence-corrected chi connectivity index (χ0v) is 14.0. The summed E-state index contributed by atoms with van der Waals surface area (Å²) in [5.74, 6) is -0.436. The van der Waals surface area contributed by atoms with Crippen LogP contribution in [0.1, 0.15) is 15.9 Å².